The van der Waals surface area contributed by atoms with Crippen LogP contribution in [0.25, 0.3) is 0 Å². The first-order valence-electron chi connectivity index (χ1n) is 8.77. The summed E-state index contributed by atoms with van der Waals surface area (Å²) in [7, 11) is 0. The summed E-state index contributed by atoms with van der Waals surface area (Å²) >= 11 is 0. The zero-order valence-electron chi connectivity index (χ0n) is 13.2. The summed E-state index contributed by atoms with van der Waals surface area (Å²) < 4.78 is 0. The van der Waals surface area contributed by atoms with Gasteiger partial charge in [0, 0.05) is 18.6 Å². The van der Waals surface area contributed by atoms with Crippen molar-refractivity contribution in [2.24, 2.45) is 5.92 Å². The molecule has 0 aromatic carbocycles. The van der Waals surface area contributed by atoms with Gasteiger partial charge in [-0.05, 0) is 64.5 Å². The molecule has 0 bridgehead atoms. The molecule has 2 aliphatic rings. The lowest BCUT2D eigenvalue weighted by molar-refractivity contribution is 0.163. The molecule has 2 heteroatoms. The highest BCUT2D eigenvalue weighted by molar-refractivity contribution is 4.80. The van der Waals surface area contributed by atoms with E-state index in [0.717, 1.165) is 18.0 Å². The van der Waals surface area contributed by atoms with Crippen molar-refractivity contribution in [3.8, 4) is 0 Å². The van der Waals surface area contributed by atoms with Gasteiger partial charge < -0.3 is 5.32 Å². The number of piperidine rings is 1. The van der Waals surface area contributed by atoms with E-state index in [0.29, 0.717) is 0 Å². The first-order chi connectivity index (χ1) is 9.29. The van der Waals surface area contributed by atoms with Crippen LogP contribution < -0.4 is 5.32 Å². The van der Waals surface area contributed by atoms with Crippen LogP contribution in [0, 0.1) is 5.92 Å². The van der Waals surface area contributed by atoms with Gasteiger partial charge in [-0.25, -0.2) is 0 Å². The predicted octanol–water partition coefficient (Wildman–Crippen LogP) is 3.81. The van der Waals surface area contributed by atoms with E-state index >= 15 is 0 Å². The molecule has 0 amide bonds. The third-order valence-electron chi connectivity index (χ3n) is 5.26. The maximum Gasteiger partial charge on any atom is 0.0192 e. The van der Waals surface area contributed by atoms with Crippen LogP contribution in [0.3, 0.4) is 0 Å². The lowest BCUT2D eigenvalue weighted by Crippen LogP contribution is -2.46. The van der Waals surface area contributed by atoms with Crippen molar-refractivity contribution in [3.05, 3.63) is 0 Å². The average molecular weight is 266 g/mol. The maximum atomic E-state index is 3.84. The van der Waals surface area contributed by atoms with Crippen LogP contribution in [0.2, 0.25) is 0 Å². The molecule has 2 nitrogen and oxygen atoms in total. The number of hydrogen-bond donors (Lipinski definition) is 1. The molecule has 1 saturated heterocycles. The molecule has 1 heterocycles. The molecule has 0 radical (unpaired) electrons. The third kappa shape index (κ3) is 5.07. The van der Waals surface area contributed by atoms with E-state index in [-0.39, 0.29) is 0 Å². The molecule has 1 aliphatic heterocycles. The molecule has 19 heavy (non-hydrogen) atoms. The number of rotatable bonds is 6. The van der Waals surface area contributed by atoms with Gasteiger partial charge in [-0.3, -0.25) is 4.90 Å². The minimum atomic E-state index is 0.730. The van der Waals surface area contributed by atoms with E-state index in [1.54, 1.807) is 0 Å². The molecule has 0 aromatic rings. The lowest BCUT2D eigenvalue weighted by atomic mass is 9.83. The molecule has 1 atom stereocenters. The van der Waals surface area contributed by atoms with Gasteiger partial charge in [-0.2, -0.15) is 0 Å². The van der Waals surface area contributed by atoms with Gasteiger partial charge >= 0.3 is 0 Å². The van der Waals surface area contributed by atoms with Gasteiger partial charge in [-0.15, -0.1) is 0 Å². The van der Waals surface area contributed by atoms with Gasteiger partial charge in [0.1, 0.15) is 0 Å². The van der Waals surface area contributed by atoms with Gasteiger partial charge in [0.15, 0.2) is 0 Å². The Labute approximate surface area is 120 Å². The maximum absolute atomic E-state index is 3.84. The monoisotopic (exact) mass is 266 g/mol. The minimum Gasteiger partial charge on any atom is -0.312 e. The highest BCUT2D eigenvalue weighted by Crippen LogP contribution is 2.27. The van der Waals surface area contributed by atoms with Crippen molar-refractivity contribution in [1.82, 2.24) is 10.2 Å². The van der Waals surface area contributed by atoms with Crippen LogP contribution >= 0.6 is 0 Å². The van der Waals surface area contributed by atoms with E-state index in [9.17, 15) is 0 Å². The highest BCUT2D eigenvalue weighted by atomic mass is 15.2. The second-order valence-corrected chi connectivity index (χ2v) is 6.86. The fourth-order valence-electron chi connectivity index (χ4n) is 3.89. The predicted molar refractivity (Wildman–Crippen MR) is 83.5 cm³/mol. The first kappa shape index (κ1) is 15.3. The zero-order chi connectivity index (χ0) is 13.5. The fourth-order valence-corrected chi connectivity index (χ4v) is 3.89. The number of nitrogens with one attached hydrogen (secondary N) is 1. The molecule has 1 N–H and O–H groups in total. The Kier molecular flexibility index (Phi) is 6.66. The second kappa shape index (κ2) is 8.26. The van der Waals surface area contributed by atoms with Crippen LogP contribution in [-0.4, -0.2) is 36.6 Å². The van der Waals surface area contributed by atoms with Gasteiger partial charge in [-0.1, -0.05) is 26.2 Å². The van der Waals surface area contributed by atoms with Gasteiger partial charge in [0.2, 0.25) is 0 Å². The van der Waals surface area contributed by atoms with Crippen molar-refractivity contribution in [1.29, 1.82) is 0 Å². The van der Waals surface area contributed by atoms with E-state index in [1.807, 2.05) is 0 Å². The Morgan fingerprint density at radius 1 is 1.05 bits per heavy atom. The summed E-state index contributed by atoms with van der Waals surface area (Å²) in [6.45, 7) is 8.58. The van der Waals surface area contributed by atoms with Crippen molar-refractivity contribution in [2.75, 3.05) is 19.6 Å². The van der Waals surface area contributed by atoms with Crippen molar-refractivity contribution in [2.45, 2.75) is 83.7 Å². The quantitative estimate of drug-likeness (QED) is 0.786. The van der Waals surface area contributed by atoms with Gasteiger partial charge in [0.25, 0.3) is 0 Å². The largest absolute Gasteiger partial charge is 0.312 e. The summed E-state index contributed by atoms with van der Waals surface area (Å²) in [6.07, 6.45) is 12.8. The molecule has 0 aromatic heterocycles. The SMILES string of the molecule is CCCC1CCC(NCC(C)N2CCCCC2)CC1. The molecule has 2 rings (SSSR count). The molecular formula is C17H34N2. The Hall–Kier alpha value is -0.0800. The Morgan fingerprint density at radius 2 is 1.74 bits per heavy atom. The molecule has 0 spiro atoms. The standard InChI is InChI=1S/C17H34N2/c1-3-7-16-8-10-17(11-9-16)18-14-15(2)19-12-5-4-6-13-19/h15-18H,3-14H2,1-2H3. The second-order valence-electron chi connectivity index (χ2n) is 6.86. The first-order valence-corrected chi connectivity index (χ1v) is 8.77. The van der Waals surface area contributed by atoms with Crippen molar-refractivity contribution >= 4 is 0 Å². The van der Waals surface area contributed by atoms with Crippen LogP contribution in [-0.2, 0) is 0 Å². The van der Waals surface area contributed by atoms with E-state index in [4.69, 9.17) is 0 Å². The molecule has 1 saturated carbocycles. The van der Waals surface area contributed by atoms with Crippen LogP contribution in [0.5, 0.6) is 0 Å². The summed E-state index contributed by atoms with van der Waals surface area (Å²) in [5.41, 5.74) is 0. The molecule has 2 fully saturated rings. The Bertz CT molecular complexity index is 227. The normalized spacial score (nSPS) is 31.3. The summed E-state index contributed by atoms with van der Waals surface area (Å²) in [6, 6.07) is 1.54. The topological polar surface area (TPSA) is 15.3 Å². The number of likely N-dealkylation sites (tertiary alicyclic amines) is 1. The smallest absolute Gasteiger partial charge is 0.0192 e. The number of nitrogens with zero attached hydrogens (tertiary/aromatic N) is 1. The van der Waals surface area contributed by atoms with E-state index in [1.165, 1.54) is 77.4 Å². The molecular weight excluding hydrogens is 232 g/mol. The van der Waals surface area contributed by atoms with Crippen LogP contribution in [0.15, 0.2) is 0 Å². The summed E-state index contributed by atoms with van der Waals surface area (Å²) in [5.74, 6) is 1.03. The lowest BCUT2D eigenvalue weighted by Gasteiger charge is -2.35. The zero-order valence-corrected chi connectivity index (χ0v) is 13.2. The molecule has 112 valence electrons. The third-order valence-corrected chi connectivity index (χ3v) is 5.26. The average Bonchev–Trinajstić information content (AvgIpc) is 2.47. The highest BCUT2D eigenvalue weighted by Gasteiger charge is 2.22. The van der Waals surface area contributed by atoms with Crippen LogP contribution in [0.1, 0.15) is 71.6 Å². The van der Waals surface area contributed by atoms with E-state index < -0.39 is 0 Å². The minimum absolute atomic E-state index is 0.730. The fraction of sp³-hybridized carbons (Fsp3) is 1.00. The molecule has 1 aliphatic carbocycles. The summed E-state index contributed by atoms with van der Waals surface area (Å²) in [5, 5.41) is 3.84. The van der Waals surface area contributed by atoms with E-state index in [2.05, 4.69) is 24.1 Å². The van der Waals surface area contributed by atoms with Crippen molar-refractivity contribution in [3.63, 3.8) is 0 Å². The summed E-state index contributed by atoms with van der Waals surface area (Å²) in [4.78, 5) is 2.68. The number of hydrogen-bond acceptors (Lipinski definition) is 2. The van der Waals surface area contributed by atoms with Crippen molar-refractivity contribution < 1.29 is 0 Å². The Morgan fingerprint density at radius 3 is 2.37 bits per heavy atom. The molecule has 1 unspecified atom stereocenters. The van der Waals surface area contributed by atoms with Crippen LogP contribution in [0.4, 0.5) is 0 Å². The van der Waals surface area contributed by atoms with Gasteiger partial charge in [0.05, 0.1) is 0 Å². The Balaban J connectivity index is 1.60.